The van der Waals surface area contributed by atoms with Crippen LogP contribution in [0.5, 0.6) is 0 Å². The number of halogens is 2. The molecule has 0 spiro atoms. The molecule has 0 fully saturated rings. The van der Waals surface area contributed by atoms with Crippen molar-refractivity contribution in [2.45, 2.75) is 14.7 Å². The number of rotatable bonds is 5. The highest BCUT2D eigenvalue weighted by molar-refractivity contribution is 8.30. The summed E-state index contributed by atoms with van der Waals surface area (Å²) in [4.78, 5) is 15.5. The Morgan fingerprint density at radius 2 is 1.07 bits per heavy atom. The minimum absolute atomic E-state index is 0.309. The Morgan fingerprint density at radius 3 is 1.47 bits per heavy atom. The number of hydrogen-bond donors (Lipinski definition) is 0. The maximum absolute atomic E-state index is 14.4. The molecule has 2 nitrogen and oxygen atoms in total. The molecule has 0 aliphatic heterocycles. The molecule has 0 saturated heterocycles. The van der Waals surface area contributed by atoms with Crippen molar-refractivity contribution in [1.82, 2.24) is 0 Å². The number of hydrogen-bond acceptors (Lipinski definition) is 2. The van der Waals surface area contributed by atoms with Crippen molar-refractivity contribution < 1.29 is 17.8 Å². The quantitative estimate of drug-likeness (QED) is 0.347. The molecule has 0 atom stereocenters. The molecule has 0 heterocycles. The standard InChI is InChI=1S/C25H18F2O2S/c26-19-16-17-23(24(27)18-19)25(28)29-30(20-10-4-1-5-11-20,21-12-6-2-7-13-21)22-14-8-3-9-15-22/h1-18H. The lowest BCUT2D eigenvalue weighted by molar-refractivity contribution is 0.0752. The highest BCUT2D eigenvalue weighted by atomic mass is 32.3. The first kappa shape index (κ1) is 19.9. The average molecular weight is 420 g/mol. The minimum atomic E-state index is -2.52. The van der Waals surface area contributed by atoms with E-state index in [2.05, 4.69) is 0 Å². The highest BCUT2D eigenvalue weighted by Gasteiger charge is 2.36. The van der Waals surface area contributed by atoms with Crippen molar-refractivity contribution in [1.29, 1.82) is 0 Å². The van der Waals surface area contributed by atoms with Gasteiger partial charge in [0, 0.05) is 20.8 Å². The Hall–Kier alpha value is -3.44. The molecule has 0 aliphatic rings. The van der Waals surface area contributed by atoms with Crippen molar-refractivity contribution in [3.05, 3.63) is 126 Å². The summed E-state index contributed by atoms with van der Waals surface area (Å²) in [6.07, 6.45) is 0. The lowest BCUT2D eigenvalue weighted by Crippen LogP contribution is -2.15. The van der Waals surface area contributed by atoms with Gasteiger partial charge in [-0.1, -0.05) is 54.6 Å². The molecule has 4 rings (SSSR count). The Labute approximate surface area is 175 Å². The topological polar surface area (TPSA) is 26.3 Å². The van der Waals surface area contributed by atoms with Gasteiger partial charge in [-0.15, -0.1) is 0 Å². The van der Waals surface area contributed by atoms with Gasteiger partial charge < -0.3 is 4.18 Å². The van der Waals surface area contributed by atoms with Crippen LogP contribution in [-0.4, -0.2) is 5.97 Å². The van der Waals surface area contributed by atoms with E-state index in [4.69, 9.17) is 4.18 Å². The molecule has 0 saturated carbocycles. The van der Waals surface area contributed by atoms with Crippen LogP contribution in [0.4, 0.5) is 8.78 Å². The van der Waals surface area contributed by atoms with Crippen LogP contribution in [0.3, 0.4) is 0 Å². The zero-order valence-electron chi connectivity index (χ0n) is 15.9. The summed E-state index contributed by atoms with van der Waals surface area (Å²) >= 11 is 0. The van der Waals surface area contributed by atoms with Crippen LogP contribution in [0.2, 0.25) is 0 Å². The number of carbonyl (C=O) groups excluding carboxylic acids is 1. The first-order valence-corrected chi connectivity index (χ1v) is 10.8. The van der Waals surface area contributed by atoms with E-state index in [0.29, 0.717) is 6.07 Å². The second kappa shape index (κ2) is 8.51. The SMILES string of the molecule is O=C(OS(c1ccccc1)(c1ccccc1)c1ccccc1)c1ccc(F)cc1F. The van der Waals surface area contributed by atoms with E-state index in [1.165, 1.54) is 0 Å². The van der Waals surface area contributed by atoms with Gasteiger partial charge in [-0.2, -0.15) is 0 Å². The lowest BCUT2D eigenvalue weighted by atomic mass is 10.2. The van der Waals surface area contributed by atoms with Crippen LogP contribution >= 0.6 is 10.3 Å². The molecule has 4 aromatic rings. The van der Waals surface area contributed by atoms with E-state index in [1.54, 1.807) is 0 Å². The van der Waals surface area contributed by atoms with Crippen molar-refractivity contribution in [2.24, 2.45) is 0 Å². The summed E-state index contributed by atoms with van der Waals surface area (Å²) in [6.45, 7) is 0. The van der Waals surface area contributed by atoms with Gasteiger partial charge in [0.15, 0.2) is 0 Å². The van der Waals surface area contributed by atoms with E-state index >= 15 is 0 Å². The fourth-order valence-corrected chi connectivity index (χ4v) is 6.25. The molecular formula is C25H18F2O2S. The van der Waals surface area contributed by atoms with Gasteiger partial charge in [-0.25, -0.2) is 13.6 Å². The third kappa shape index (κ3) is 3.72. The van der Waals surface area contributed by atoms with Crippen LogP contribution in [0, 0.1) is 11.6 Å². The highest BCUT2D eigenvalue weighted by Crippen LogP contribution is 2.69. The van der Waals surface area contributed by atoms with Gasteiger partial charge in [0.1, 0.15) is 11.6 Å². The first-order chi connectivity index (χ1) is 14.6. The second-order valence-corrected chi connectivity index (χ2v) is 9.18. The van der Waals surface area contributed by atoms with Gasteiger partial charge in [-0.3, -0.25) is 0 Å². The largest absolute Gasteiger partial charge is 0.398 e. The van der Waals surface area contributed by atoms with Gasteiger partial charge in [-0.05, 0) is 58.8 Å². The molecule has 0 amide bonds. The van der Waals surface area contributed by atoms with Gasteiger partial charge in [0.25, 0.3) is 0 Å². The molecule has 0 bridgehead atoms. The van der Waals surface area contributed by atoms with E-state index in [9.17, 15) is 13.6 Å². The molecule has 30 heavy (non-hydrogen) atoms. The monoisotopic (exact) mass is 420 g/mol. The zero-order chi connectivity index (χ0) is 21.0. The van der Waals surface area contributed by atoms with Crippen LogP contribution < -0.4 is 0 Å². The zero-order valence-corrected chi connectivity index (χ0v) is 16.7. The Balaban J connectivity index is 1.94. The Bertz CT molecular complexity index is 1050. The summed E-state index contributed by atoms with van der Waals surface area (Å²) in [5, 5.41) is 0. The van der Waals surface area contributed by atoms with Crippen molar-refractivity contribution in [2.75, 3.05) is 0 Å². The minimum Gasteiger partial charge on any atom is -0.398 e. The van der Waals surface area contributed by atoms with Crippen LogP contribution in [-0.2, 0) is 4.18 Å². The van der Waals surface area contributed by atoms with Gasteiger partial charge in [0.2, 0.25) is 0 Å². The average Bonchev–Trinajstić information content (AvgIpc) is 2.79. The Morgan fingerprint density at radius 1 is 0.633 bits per heavy atom. The second-order valence-electron chi connectivity index (χ2n) is 6.49. The summed E-state index contributed by atoms with van der Waals surface area (Å²) in [5.74, 6) is -2.56. The van der Waals surface area contributed by atoms with Crippen molar-refractivity contribution in [3.8, 4) is 0 Å². The normalized spacial score (nSPS) is 11.7. The first-order valence-electron chi connectivity index (χ1n) is 9.29. The van der Waals surface area contributed by atoms with Gasteiger partial charge >= 0.3 is 5.97 Å². The molecule has 5 heteroatoms. The van der Waals surface area contributed by atoms with Gasteiger partial charge in [0.05, 0.1) is 5.56 Å². The lowest BCUT2D eigenvalue weighted by Gasteiger charge is -2.39. The van der Waals surface area contributed by atoms with E-state index in [0.717, 1.165) is 26.8 Å². The summed E-state index contributed by atoms with van der Waals surface area (Å²) in [5.41, 5.74) is -0.309. The number of benzene rings is 4. The van der Waals surface area contributed by atoms with Crippen molar-refractivity contribution >= 4 is 16.3 Å². The van der Waals surface area contributed by atoms with Crippen LogP contribution in [0.15, 0.2) is 124 Å². The fourth-order valence-electron chi connectivity index (χ4n) is 3.20. The molecule has 0 aliphatic carbocycles. The number of carbonyl (C=O) groups is 1. The van der Waals surface area contributed by atoms with Crippen LogP contribution in [0.25, 0.3) is 0 Å². The molecule has 0 N–H and O–H groups in total. The fraction of sp³-hybridized carbons (Fsp3) is 0. The van der Waals surface area contributed by atoms with E-state index in [1.807, 2.05) is 91.0 Å². The predicted molar refractivity (Wildman–Crippen MR) is 113 cm³/mol. The summed E-state index contributed by atoms with van der Waals surface area (Å²) in [7, 11) is -2.52. The van der Waals surface area contributed by atoms with E-state index < -0.39 is 27.9 Å². The third-order valence-corrected chi connectivity index (χ3v) is 7.79. The predicted octanol–water partition coefficient (Wildman–Crippen LogP) is 7.02. The van der Waals surface area contributed by atoms with Crippen molar-refractivity contribution in [3.63, 3.8) is 0 Å². The summed E-state index contributed by atoms with van der Waals surface area (Å²) < 4.78 is 33.9. The Kier molecular flexibility index (Phi) is 5.63. The molecule has 0 aromatic heterocycles. The molecule has 4 aromatic carbocycles. The van der Waals surface area contributed by atoms with E-state index in [-0.39, 0.29) is 5.56 Å². The molecule has 0 unspecified atom stereocenters. The smallest absolute Gasteiger partial charge is 0.352 e. The molecule has 150 valence electrons. The van der Waals surface area contributed by atoms with Crippen LogP contribution in [0.1, 0.15) is 10.4 Å². The maximum atomic E-state index is 14.4. The molecular weight excluding hydrogens is 402 g/mol. The summed E-state index contributed by atoms with van der Waals surface area (Å²) in [6, 6.07) is 31.1. The third-order valence-electron chi connectivity index (χ3n) is 4.58. The molecule has 0 radical (unpaired) electrons. The maximum Gasteiger partial charge on any atom is 0.352 e.